The molecular formula is C9H10ClNO2S. The fraction of sp³-hybridized carbons (Fsp3) is 0.333. The molecule has 3 nitrogen and oxygen atoms in total. The van der Waals surface area contributed by atoms with Crippen LogP contribution in [0.4, 0.5) is 0 Å². The Hall–Kier alpha value is -0.580. The van der Waals surface area contributed by atoms with Crippen LogP contribution in [-0.2, 0) is 10.0 Å². The van der Waals surface area contributed by atoms with Crippen LogP contribution in [0.15, 0.2) is 23.1 Å². The molecule has 5 heteroatoms. The quantitative estimate of drug-likeness (QED) is 0.845. The molecule has 14 heavy (non-hydrogen) atoms. The van der Waals surface area contributed by atoms with Crippen molar-refractivity contribution in [3.05, 3.63) is 28.8 Å². The highest BCUT2D eigenvalue weighted by molar-refractivity contribution is 7.89. The summed E-state index contributed by atoms with van der Waals surface area (Å²) in [5, 5.41) is 5.51. The molecule has 1 aliphatic rings. The molecule has 0 radical (unpaired) electrons. The monoisotopic (exact) mass is 231 g/mol. The van der Waals surface area contributed by atoms with E-state index in [4.69, 9.17) is 16.7 Å². The van der Waals surface area contributed by atoms with E-state index in [2.05, 4.69) is 0 Å². The van der Waals surface area contributed by atoms with E-state index in [1.165, 1.54) is 6.07 Å². The molecule has 0 atom stereocenters. The van der Waals surface area contributed by atoms with Crippen molar-refractivity contribution in [1.82, 2.24) is 0 Å². The Morgan fingerprint density at radius 1 is 1.36 bits per heavy atom. The second-order valence-corrected chi connectivity index (χ2v) is 5.47. The first-order valence-electron chi connectivity index (χ1n) is 4.31. The van der Waals surface area contributed by atoms with Crippen molar-refractivity contribution in [3.63, 3.8) is 0 Å². The minimum atomic E-state index is -3.65. The lowest BCUT2D eigenvalue weighted by molar-refractivity contribution is 0.596. The number of hydrogen-bond acceptors (Lipinski definition) is 2. The maximum Gasteiger partial charge on any atom is 0.238 e. The van der Waals surface area contributed by atoms with Gasteiger partial charge >= 0.3 is 0 Å². The fourth-order valence-corrected chi connectivity index (χ4v) is 2.58. The van der Waals surface area contributed by atoms with Crippen LogP contribution in [-0.4, -0.2) is 8.42 Å². The number of halogens is 1. The standard InChI is InChI=1S/C9H10ClNO2S/c10-7-3-4-8(6-1-2-6)9(5-7)14(11,12)13/h3-6H,1-2H2,(H2,11,12,13). The number of benzene rings is 1. The van der Waals surface area contributed by atoms with E-state index in [1.807, 2.05) is 0 Å². The number of nitrogens with two attached hydrogens (primary N) is 1. The lowest BCUT2D eigenvalue weighted by Gasteiger charge is -2.06. The zero-order valence-corrected chi connectivity index (χ0v) is 8.98. The predicted molar refractivity (Wildman–Crippen MR) is 54.8 cm³/mol. The molecule has 0 spiro atoms. The zero-order valence-electron chi connectivity index (χ0n) is 7.40. The summed E-state index contributed by atoms with van der Waals surface area (Å²) in [7, 11) is -3.65. The maximum atomic E-state index is 11.3. The molecule has 0 bridgehead atoms. The van der Waals surface area contributed by atoms with Crippen LogP contribution in [0.3, 0.4) is 0 Å². The zero-order chi connectivity index (χ0) is 10.3. The van der Waals surface area contributed by atoms with Gasteiger partial charge in [0.15, 0.2) is 0 Å². The van der Waals surface area contributed by atoms with E-state index in [0.717, 1.165) is 18.4 Å². The summed E-state index contributed by atoms with van der Waals surface area (Å²) in [6.07, 6.45) is 2.06. The SMILES string of the molecule is NS(=O)(=O)c1cc(Cl)ccc1C1CC1. The van der Waals surface area contributed by atoms with Gasteiger partial charge in [0.25, 0.3) is 0 Å². The van der Waals surface area contributed by atoms with Gasteiger partial charge in [-0.05, 0) is 36.5 Å². The normalized spacial score (nSPS) is 17.0. The van der Waals surface area contributed by atoms with Crippen LogP contribution >= 0.6 is 11.6 Å². The first-order valence-corrected chi connectivity index (χ1v) is 6.23. The molecule has 1 aromatic carbocycles. The van der Waals surface area contributed by atoms with Crippen LogP contribution < -0.4 is 5.14 Å². The van der Waals surface area contributed by atoms with Crippen LogP contribution in [0, 0.1) is 0 Å². The van der Waals surface area contributed by atoms with Crippen LogP contribution in [0.5, 0.6) is 0 Å². The molecule has 0 saturated heterocycles. The Balaban J connectivity index is 2.59. The van der Waals surface area contributed by atoms with Gasteiger partial charge in [-0.3, -0.25) is 0 Å². The van der Waals surface area contributed by atoms with Crippen molar-refractivity contribution in [2.45, 2.75) is 23.7 Å². The molecule has 76 valence electrons. The summed E-state index contributed by atoms with van der Waals surface area (Å²) in [5.41, 5.74) is 0.803. The van der Waals surface area contributed by atoms with E-state index >= 15 is 0 Å². The molecule has 0 aliphatic heterocycles. The van der Waals surface area contributed by atoms with E-state index in [0.29, 0.717) is 10.9 Å². The van der Waals surface area contributed by atoms with Gasteiger partial charge in [0, 0.05) is 5.02 Å². The first kappa shape index (κ1) is 9.96. The van der Waals surface area contributed by atoms with Gasteiger partial charge in [-0.15, -0.1) is 0 Å². The number of sulfonamides is 1. The van der Waals surface area contributed by atoms with Crippen molar-refractivity contribution in [3.8, 4) is 0 Å². The Bertz CT molecular complexity index is 466. The number of hydrogen-bond donors (Lipinski definition) is 1. The third-order valence-electron chi connectivity index (χ3n) is 2.30. The average molecular weight is 232 g/mol. The van der Waals surface area contributed by atoms with E-state index in [9.17, 15) is 8.42 Å². The maximum absolute atomic E-state index is 11.3. The van der Waals surface area contributed by atoms with Crippen molar-refractivity contribution in [1.29, 1.82) is 0 Å². The van der Waals surface area contributed by atoms with Gasteiger partial charge in [-0.25, -0.2) is 13.6 Å². The van der Waals surface area contributed by atoms with Gasteiger partial charge in [-0.1, -0.05) is 17.7 Å². The summed E-state index contributed by atoms with van der Waals surface area (Å²) in [6, 6.07) is 4.87. The van der Waals surface area contributed by atoms with E-state index in [-0.39, 0.29) is 4.90 Å². The molecule has 1 aliphatic carbocycles. The Labute approximate surface area is 87.9 Å². The topological polar surface area (TPSA) is 60.2 Å². The molecule has 0 amide bonds. The number of primary sulfonamides is 1. The molecule has 0 aromatic heterocycles. The van der Waals surface area contributed by atoms with Crippen molar-refractivity contribution < 1.29 is 8.42 Å². The molecule has 1 saturated carbocycles. The summed E-state index contributed by atoms with van der Waals surface area (Å²) in [4.78, 5) is 0.174. The fourth-order valence-electron chi connectivity index (χ4n) is 1.49. The molecule has 2 N–H and O–H groups in total. The van der Waals surface area contributed by atoms with Gasteiger partial charge in [0.05, 0.1) is 4.90 Å². The smallest absolute Gasteiger partial charge is 0.225 e. The number of rotatable bonds is 2. The Morgan fingerprint density at radius 3 is 2.50 bits per heavy atom. The second kappa shape index (κ2) is 3.22. The largest absolute Gasteiger partial charge is 0.238 e. The molecule has 1 fully saturated rings. The Kier molecular flexibility index (Phi) is 2.29. The van der Waals surface area contributed by atoms with E-state index in [1.54, 1.807) is 12.1 Å². The van der Waals surface area contributed by atoms with Crippen LogP contribution in [0.1, 0.15) is 24.3 Å². The predicted octanol–water partition coefficient (Wildman–Crippen LogP) is 1.86. The third-order valence-corrected chi connectivity index (χ3v) is 3.50. The van der Waals surface area contributed by atoms with Crippen molar-refractivity contribution in [2.24, 2.45) is 5.14 Å². The second-order valence-electron chi connectivity index (χ2n) is 3.50. The van der Waals surface area contributed by atoms with Crippen LogP contribution in [0.25, 0.3) is 0 Å². The minimum absolute atomic E-state index is 0.174. The highest BCUT2D eigenvalue weighted by atomic mass is 35.5. The molecule has 0 heterocycles. The third kappa shape index (κ3) is 1.92. The van der Waals surface area contributed by atoms with Gasteiger partial charge < -0.3 is 0 Å². The van der Waals surface area contributed by atoms with Gasteiger partial charge in [0.2, 0.25) is 10.0 Å². The van der Waals surface area contributed by atoms with Crippen molar-refractivity contribution >= 4 is 21.6 Å². The molecule has 1 aromatic rings. The summed E-state index contributed by atoms with van der Waals surface area (Å²) in [5.74, 6) is 0.348. The lowest BCUT2D eigenvalue weighted by Crippen LogP contribution is -2.14. The molecule has 2 rings (SSSR count). The minimum Gasteiger partial charge on any atom is -0.225 e. The average Bonchev–Trinajstić information content (AvgIpc) is 2.85. The summed E-state index contributed by atoms with van der Waals surface area (Å²) < 4.78 is 22.5. The van der Waals surface area contributed by atoms with Gasteiger partial charge in [-0.2, -0.15) is 0 Å². The van der Waals surface area contributed by atoms with Crippen molar-refractivity contribution in [2.75, 3.05) is 0 Å². The van der Waals surface area contributed by atoms with Crippen LogP contribution in [0.2, 0.25) is 5.02 Å². The molecule has 0 unspecified atom stereocenters. The summed E-state index contributed by atoms with van der Waals surface area (Å²) in [6.45, 7) is 0. The lowest BCUT2D eigenvalue weighted by atomic mass is 10.1. The first-order chi connectivity index (χ1) is 6.48. The molecular weight excluding hydrogens is 222 g/mol. The van der Waals surface area contributed by atoms with E-state index < -0.39 is 10.0 Å². The Morgan fingerprint density at radius 2 is 2.00 bits per heavy atom. The summed E-state index contributed by atoms with van der Waals surface area (Å²) >= 11 is 5.73. The van der Waals surface area contributed by atoms with Gasteiger partial charge in [0.1, 0.15) is 0 Å². The highest BCUT2D eigenvalue weighted by Crippen LogP contribution is 2.43. The highest BCUT2D eigenvalue weighted by Gasteiger charge is 2.29.